The fraction of sp³-hybridized carbons (Fsp3) is 0.368. The van der Waals surface area contributed by atoms with E-state index in [1.807, 2.05) is 30.3 Å². The second-order valence-corrected chi connectivity index (χ2v) is 14.2. The number of fused-ring (bicyclic) bond motifs is 1. The van der Waals surface area contributed by atoms with Crippen molar-refractivity contribution in [3.8, 4) is 11.1 Å². The van der Waals surface area contributed by atoms with Crippen LogP contribution < -0.4 is 5.73 Å². The summed E-state index contributed by atoms with van der Waals surface area (Å²) in [5.41, 5.74) is 7.79. The number of ether oxygens (including phenoxy) is 1. The smallest absolute Gasteiger partial charge is 0.387 e. The molecule has 1 aliphatic heterocycles. The Kier molecular flexibility index (Phi) is 8.04. The van der Waals surface area contributed by atoms with Crippen molar-refractivity contribution in [1.29, 1.82) is 0 Å². The van der Waals surface area contributed by atoms with Gasteiger partial charge in [0.2, 0.25) is 0 Å². The highest BCUT2D eigenvalue weighted by Crippen LogP contribution is 2.68. The molecule has 3 aromatic rings. The number of aromatic nitrogens is 3. The second kappa shape index (κ2) is 10.7. The van der Waals surface area contributed by atoms with Crippen molar-refractivity contribution < 1.29 is 46.7 Å². The molecule has 7 unspecified atom stereocenters. The van der Waals surface area contributed by atoms with Gasteiger partial charge in [-0.2, -0.15) is 0 Å². The molecular formula is C19H24N5O11P3. The molecule has 0 bridgehead atoms. The topological polar surface area (TPSA) is 235 Å². The predicted octanol–water partition coefficient (Wildman–Crippen LogP) is 2.86. The highest BCUT2D eigenvalue weighted by molar-refractivity contribution is 7.71. The summed E-state index contributed by atoms with van der Waals surface area (Å²) in [5, 5.41) is 21.8. The van der Waals surface area contributed by atoms with Crippen molar-refractivity contribution in [3.05, 3.63) is 47.8 Å². The number of nitrogen functional groups attached to an aromatic ring is 1. The van der Waals surface area contributed by atoms with Crippen molar-refractivity contribution in [2.24, 2.45) is 4.95 Å². The van der Waals surface area contributed by atoms with Gasteiger partial charge in [0, 0.05) is 30.0 Å². The van der Waals surface area contributed by atoms with Gasteiger partial charge < -0.3 is 30.1 Å². The van der Waals surface area contributed by atoms with Gasteiger partial charge in [-0.3, -0.25) is 13.7 Å². The minimum atomic E-state index is -5.05. The molecule has 16 nitrogen and oxygen atoms in total. The Balaban J connectivity index is 1.58. The van der Waals surface area contributed by atoms with Crippen LogP contribution in [0.25, 0.3) is 22.2 Å². The largest absolute Gasteiger partial charge is 0.497 e. The second-order valence-electron chi connectivity index (χ2n) is 8.40. The van der Waals surface area contributed by atoms with Crippen molar-refractivity contribution in [1.82, 2.24) is 14.5 Å². The normalized spacial score (nSPS) is 26.4. The number of nitrogens with zero attached hydrogens (tertiary/aromatic N) is 4. The Labute approximate surface area is 215 Å². The van der Waals surface area contributed by atoms with Gasteiger partial charge in [-0.15, -0.1) is 4.91 Å². The third-order valence-corrected chi connectivity index (χ3v) is 10.5. The Morgan fingerprint density at radius 2 is 1.79 bits per heavy atom. The molecule has 0 radical (unpaired) electrons. The molecule has 19 heteroatoms. The Hall–Kier alpha value is -2.35. The number of benzene rings is 1. The van der Waals surface area contributed by atoms with E-state index in [-0.39, 0.29) is 11.5 Å². The zero-order valence-corrected chi connectivity index (χ0v) is 22.6. The molecule has 0 saturated carbocycles. The molecule has 3 heterocycles. The Morgan fingerprint density at radius 3 is 2.42 bits per heavy atom. The van der Waals surface area contributed by atoms with Crippen LogP contribution in [0.1, 0.15) is 6.23 Å². The maximum Gasteiger partial charge on any atom is 0.497 e. The molecule has 1 aliphatic rings. The van der Waals surface area contributed by atoms with E-state index in [4.69, 9.17) is 15.0 Å². The first-order chi connectivity index (χ1) is 17.7. The summed E-state index contributed by atoms with van der Waals surface area (Å²) in [6, 6.07) is 9.13. The van der Waals surface area contributed by atoms with Crippen molar-refractivity contribution in [2.45, 2.75) is 24.5 Å². The maximum atomic E-state index is 12.6. The van der Waals surface area contributed by atoms with Crippen LogP contribution in [0.5, 0.6) is 0 Å². The lowest BCUT2D eigenvalue weighted by atomic mass is 10.1. The van der Waals surface area contributed by atoms with Crippen LogP contribution in [-0.4, -0.2) is 67.9 Å². The summed E-state index contributed by atoms with van der Waals surface area (Å²) >= 11 is 0. The summed E-state index contributed by atoms with van der Waals surface area (Å²) in [6.45, 7) is 0.572. The third kappa shape index (κ3) is 6.11. The van der Waals surface area contributed by atoms with Gasteiger partial charge in [0.1, 0.15) is 36.1 Å². The minimum absolute atomic E-state index is 0.168. The summed E-state index contributed by atoms with van der Waals surface area (Å²) in [4.78, 5) is 30.9. The number of rotatable bonds is 10. The van der Waals surface area contributed by atoms with Gasteiger partial charge in [-0.05, 0) is 5.56 Å². The lowest BCUT2D eigenvalue weighted by Crippen LogP contribution is -2.33. The quantitative estimate of drug-likeness (QED) is 0.196. The first-order valence-electron chi connectivity index (χ1n) is 10.8. The van der Waals surface area contributed by atoms with E-state index in [1.54, 1.807) is 6.20 Å². The van der Waals surface area contributed by atoms with E-state index in [2.05, 4.69) is 23.5 Å². The molecule has 38 heavy (non-hydrogen) atoms. The fourth-order valence-corrected chi connectivity index (χ4v) is 8.72. The average molecular weight is 591 g/mol. The van der Waals surface area contributed by atoms with Crippen molar-refractivity contribution in [2.75, 3.05) is 25.7 Å². The summed E-state index contributed by atoms with van der Waals surface area (Å²) in [5.74, 6) is 0.168. The van der Waals surface area contributed by atoms with Crippen LogP contribution in [0.2, 0.25) is 0 Å². The zero-order chi connectivity index (χ0) is 27.9. The van der Waals surface area contributed by atoms with E-state index in [9.17, 15) is 33.7 Å². The van der Waals surface area contributed by atoms with Gasteiger partial charge in [0.25, 0.3) is 0 Å². The molecule has 2 aromatic heterocycles. The van der Waals surface area contributed by atoms with E-state index >= 15 is 0 Å². The fourth-order valence-electron chi connectivity index (χ4n) is 3.94. The Morgan fingerprint density at radius 1 is 1.11 bits per heavy atom. The van der Waals surface area contributed by atoms with Gasteiger partial charge in [0.15, 0.2) is 6.23 Å². The van der Waals surface area contributed by atoms with E-state index in [0.717, 1.165) is 5.56 Å². The SMILES string of the molecule is CP(=O)(O)OP(C)(=O)OP(=O)(N=O)OCC1OC(n2cc(-c3ccccc3)c3c(N)ncnc32)C(O)C1O. The molecule has 5 N–H and O–H groups in total. The number of hydrogen-bond donors (Lipinski definition) is 4. The number of nitrogens with two attached hydrogens (primary N) is 1. The van der Waals surface area contributed by atoms with Crippen LogP contribution >= 0.6 is 22.9 Å². The van der Waals surface area contributed by atoms with E-state index < -0.39 is 54.1 Å². The number of aliphatic hydroxyl groups is 2. The molecule has 206 valence electrons. The Bertz CT molecular complexity index is 1480. The standard InChI is InChI=1S/C19H24N5O11P3/c1-36(28,29)34-37(2,30)35-38(31,23-27)32-9-13-15(25)16(26)19(33-13)24-8-12(11-6-4-3-5-7-11)14-17(20)21-10-22-18(14)24/h3-8,10,13,15-16,19,25-26H,9H2,1-2H3,(H,28,29)(H2,20,21,22). The highest BCUT2D eigenvalue weighted by Gasteiger charge is 2.47. The van der Waals surface area contributed by atoms with Gasteiger partial charge in [0.05, 0.1) is 12.0 Å². The number of anilines is 1. The van der Waals surface area contributed by atoms with Gasteiger partial charge in [-0.25, -0.2) is 23.2 Å². The van der Waals surface area contributed by atoms with Crippen molar-refractivity contribution >= 4 is 39.8 Å². The molecule has 1 saturated heterocycles. The van der Waals surface area contributed by atoms with Gasteiger partial charge in [-0.1, -0.05) is 30.3 Å². The molecule has 0 amide bonds. The summed E-state index contributed by atoms with van der Waals surface area (Å²) < 4.78 is 57.1. The molecule has 0 aliphatic carbocycles. The van der Waals surface area contributed by atoms with Crippen LogP contribution in [0.4, 0.5) is 5.82 Å². The first kappa shape index (κ1) is 28.7. The van der Waals surface area contributed by atoms with Crippen LogP contribution in [0.3, 0.4) is 0 Å². The molecule has 1 fully saturated rings. The molecule has 1 aromatic carbocycles. The predicted molar refractivity (Wildman–Crippen MR) is 134 cm³/mol. The lowest BCUT2D eigenvalue weighted by molar-refractivity contribution is -0.0480. The molecule has 0 spiro atoms. The zero-order valence-electron chi connectivity index (χ0n) is 19.9. The van der Waals surface area contributed by atoms with Crippen LogP contribution in [0, 0.1) is 4.91 Å². The molecular weight excluding hydrogens is 567 g/mol. The highest BCUT2D eigenvalue weighted by atomic mass is 31.3. The van der Waals surface area contributed by atoms with Crippen LogP contribution in [-0.2, 0) is 31.6 Å². The van der Waals surface area contributed by atoms with Crippen LogP contribution in [0.15, 0.2) is 47.8 Å². The maximum absolute atomic E-state index is 12.6. The monoisotopic (exact) mass is 591 g/mol. The number of hydrogen-bond acceptors (Lipinski definition) is 13. The van der Waals surface area contributed by atoms with Gasteiger partial charge >= 0.3 is 22.9 Å². The summed E-state index contributed by atoms with van der Waals surface area (Å²) in [7, 11) is -13.9. The molecule has 7 atom stereocenters. The van der Waals surface area contributed by atoms with E-state index in [1.165, 1.54) is 10.9 Å². The van der Waals surface area contributed by atoms with Crippen molar-refractivity contribution in [3.63, 3.8) is 0 Å². The summed E-state index contributed by atoms with van der Waals surface area (Å²) in [6.07, 6.45) is -2.95. The lowest BCUT2D eigenvalue weighted by Gasteiger charge is -2.20. The number of nitroso groups, excluding NO2 is 1. The number of aliphatic hydroxyl groups excluding tert-OH is 2. The minimum Gasteiger partial charge on any atom is -0.387 e. The molecule has 4 rings (SSSR count). The first-order valence-corrected chi connectivity index (χ1v) is 16.3. The average Bonchev–Trinajstić information content (AvgIpc) is 3.35. The third-order valence-electron chi connectivity index (χ3n) is 5.39. The van der Waals surface area contributed by atoms with E-state index in [0.29, 0.717) is 24.3 Å².